The van der Waals surface area contributed by atoms with E-state index >= 15 is 0 Å². The number of likely N-dealkylation sites (N-methyl/N-ethyl adjacent to an activating group) is 1. The van der Waals surface area contributed by atoms with Gasteiger partial charge in [-0.25, -0.2) is 0 Å². The number of nitrogens with zero attached hydrogens (tertiary/aromatic N) is 2. The highest BCUT2D eigenvalue weighted by atomic mass is 16.2. The Labute approximate surface area is 89.0 Å². The standard InChI is InChI=1S/C10H15N3O2/c1-3-13(2)8(14)6-12-9(15)10(7-11)4-5-10/h3-6H2,1-2H3,(H,12,15). The fourth-order valence-electron chi connectivity index (χ4n) is 1.15. The molecule has 0 unspecified atom stereocenters. The van der Waals surface area contributed by atoms with Crippen molar-refractivity contribution in [2.75, 3.05) is 20.1 Å². The summed E-state index contributed by atoms with van der Waals surface area (Å²) < 4.78 is 0. The van der Waals surface area contributed by atoms with E-state index in [1.54, 1.807) is 7.05 Å². The van der Waals surface area contributed by atoms with Crippen molar-refractivity contribution in [1.29, 1.82) is 5.26 Å². The van der Waals surface area contributed by atoms with E-state index in [0.717, 1.165) is 0 Å². The van der Waals surface area contributed by atoms with Gasteiger partial charge in [-0.3, -0.25) is 9.59 Å². The van der Waals surface area contributed by atoms with Gasteiger partial charge in [-0.1, -0.05) is 0 Å². The molecule has 0 aliphatic heterocycles. The summed E-state index contributed by atoms with van der Waals surface area (Å²) in [4.78, 5) is 24.3. The lowest BCUT2D eigenvalue weighted by molar-refractivity contribution is -0.132. The van der Waals surface area contributed by atoms with Gasteiger partial charge in [0.25, 0.3) is 0 Å². The maximum atomic E-state index is 11.5. The van der Waals surface area contributed by atoms with E-state index < -0.39 is 5.41 Å². The molecule has 0 aromatic rings. The largest absolute Gasteiger partial charge is 0.346 e. The minimum absolute atomic E-state index is 0.0212. The Balaban J connectivity index is 2.36. The maximum absolute atomic E-state index is 11.5. The molecule has 5 heteroatoms. The third kappa shape index (κ3) is 2.46. The van der Waals surface area contributed by atoms with Crippen LogP contribution < -0.4 is 5.32 Å². The zero-order valence-corrected chi connectivity index (χ0v) is 9.04. The Bertz CT molecular complexity index is 315. The van der Waals surface area contributed by atoms with Crippen LogP contribution >= 0.6 is 0 Å². The topological polar surface area (TPSA) is 73.2 Å². The van der Waals surface area contributed by atoms with E-state index in [9.17, 15) is 9.59 Å². The summed E-state index contributed by atoms with van der Waals surface area (Å²) in [6, 6.07) is 1.98. The molecule has 0 saturated heterocycles. The van der Waals surface area contributed by atoms with Crippen LogP contribution in [0.15, 0.2) is 0 Å². The van der Waals surface area contributed by atoms with E-state index in [2.05, 4.69) is 5.32 Å². The van der Waals surface area contributed by atoms with Crippen LogP contribution in [-0.2, 0) is 9.59 Å². The Morgan fingerprint density at radius 1 is 1.53 bits per heavy atom. The molecule has 15 heavy (non-hydrogen) atoms. The highest BCUT2D eigenvalue weighted by Gasteiger charge is 2.50. The summed E-state index contributed by atoms with van der Waals surface area (Å²) in [7, 11) is 1.67. The van der Waals surface area contributed by atoms with Gasteiger partial charge in [0.15, 0.2) is 0 Å². The molecule has 82 valence electrons. The number of nitriles is 1. The summed E-state index contributed by atoms with van der Waals surface area (Å²) in [6.45, 7) is 2.45. The van der Waals surface area contributed by atoms with Crippen LogP contribution in [0.25, 0.3) is 0 Å². The first-order valence-electron chi connectivity index (χ1n) is 4.99. The molecular weight excluding hydrogens is 194 g/mol. The second kappa shape index (κ2) is 4.30. The minimum Gasteiger partial charge on any atom is -0.346 e. The Morgan fingerprint density at radius 3 is 2.53 bits per heavy atom. The summed E-state index contributed by atoms with van der Waals surface area (Å²) in [6.07, 6.45) is 1.21. The summed E-state index contributed by atoms with van der Waals surface area (Å²) in [5, 5.41) is 11.2. The van der Waals surface area contributed by atoms with Gasteiger partial charge in [-0.05, 0) is 19.8 Å². The van der Waals surface area contributed by atoms with Crippen molar-refractivity contribution in [3.63, 3.8) is 0 Å². The van der Waals surface area contributed by atoms with Crippen LogP contribution in [0.5, 0.6) is 0 Å². The van der Waals surface area contributed by atoms with E-state index in [1.165, 1.54) is 4.90 Å². The number of hydrogen-bond acceptors (Lipinski definition) is 3. The maximum Gasteiger partial charge on any atom is 0.241 e. The van der Waals surface area contributed by atoms with Gasteiger partial charge >= 0.3 is 0 Å². The number of amides is 2. The SMILES string of the molecule is CCN(C)C(=O)CNC(=O)C1(C#N)CC1. The first-order valence-corrected chi connectivity index (χ1v) is 4.99. The number of rotatable bonds is 4. The lowest BCUT2D eigenvalue weighted by Crippen LogP contribution is -2.40. The Morgan fingerprint density at radius 2 is 2.13 bits per heavy atom. The molecule has 5 nitrogen and oxygen atoms in total. The molecule has 1 aliphatic rings. The van der Waals surface area contributed by atoms with Gasteiger partial charge < -0.3 is 10.2 Å². The van der Waals surface area contributed by atoms with Crippen LogP contribution in [0.4, 0.5) is 0 Å². The van der Waals surface area contributed by atoms with Crippen LogP contribution in [0, 0.1) is 16.7 Å². The third-order valence-corrected chi connectivity index (χ3v) is 2.70. The van der Waals surface area contributed by atoms with Gasteiger partial charge in [0.2, 0.25) is 11.8 Å². The number of hydrogen-bond donors (Lipinski definition) is 1. The van der Waals surface area contributed by atoms with Crippen molar-refractivity contribution < 1.29 is 9.59 Å². The quantitative estimate of drug-likeness (QED) is 0.701. The zero-order chi connectivity index (χ0) is 11.5. The molecule has 1 fully saturated rings. The molecule has 0 aromatic heterocycles. The highest BCUT2D eigenvalue weighted by molar-refractivity contribution is 5.91. The lowest BCUT2D eigenvalue weighted by Gasteiger charge is -2.15. The second-order valence-electron chi connectivity index (χ2n) is 3.78. The second-order valence-corrected chi connectivity index (χ2v) is 3.78. The number of nitrogens with one attached hydrogen (secondary N) is 1. The van der Waals surface area contributed by atoms with Crippen molar-refractivity contribution in [2.24, 2.45) is 5.41 Å². The average molecular weight is 209 g/mol. The Hall–Kier alpha value is -1.57. The molecule has 1 aliphatic carbocycles. The molecule has 0 atom stereocenters. The smallest absolute Gasteiger partial charge is 0.241 e. The lowest BCUT2D eigenvalue weighted by atomic mass is 10.1. The molecule has 2 amide bonds. The fraction of sp³-hybridized carbons (Fsp3) is 0.700. The molecule has 0 spiro atoms. The van der Waals surface area contributed by atoms with Crippen molar-refractivity contribution in [1.82, 2.24) is 10.2 Å². The molecule has 1 N–H and O–H groups in total. The number of carbonyl (C=O) groups excluding carboxylic acids is 2. The predicted octanol–water partition coefficient (Wildman–Crippen LogP) is -0.115. The van der Waals surface area contributed by atoms with Crippen LogP contribution in [0.3, 0.4) is 0 Å². The summed E-state index contributed by atoms with van der Waals surface area (Å²) in [5.41, 5.74) is -0.842. The molecular formula is C10H15N3O2. The van der Waals surface area contributed by atoms with Crippen molar-refractivity contribution in [2.45, 2.75) is 19.8 Å². The molecule has 1 rings (SSSR count). The van der Waals surface area contributed by atoms with Gasteiger partial charge in [-0.15, -0.1) is 0 Å². The van der Waals surface area contributed by atoms with Crippen molar-refractivity contribution in [3.8, 4) is 6.07 Å². The van der Waals surface area contributed by atoms with Crippen LogP contribution in [0.1, 0.15) is 19.8 Å². The summed E-state index contributed by atoms with van der Waals surface area (Å²) >= 11 is 0. The molecule has 0 heterocycles. The monoisotopic (exact) mass is 209 g/mol. The third-order valence-electron chi connectivity index (χ3n) is 2.70. The first kappa shape index (κ1) is 11.5. The molecule has 0 bridgehead atoms. The van der Waals surface area contributed by atoms with Crippen LogP contribution in [-0.4, -0.2) is 36.9 Å². The van der Waals surface area contributed by atoms with E-state index in [0.29, 0.717) is 19.4 Å². The van der Waals surface area contributed by atoms with Gasteiger partial charge in [0.1, 0.15) is 5.41 Å². The zero-order valence-electron chi connectivity index (χ0n) is 9.04. The van der Waals surface area contributed by atoms with Crippen LogP contribution in [0.2, 0.25) is 0 Å². The normalized spacial score (nSPS) is 16.3. The summed E-state index contributed by atoms with van der Waals surface area (Å²) in [5.74, 6) is -0.456. The average Bonchev–Trinajstić information content (AvgIpc) is 3.04. The number of carbonyl (C=O) groups is 2. The van der Waals surface area contributed by atoms with Gasteiger partial charge in [0.05, 0.1) is 12.6 Å². The first-order chi connectivity index (χ1) is 7.05. The minimum atomic E-state index is -0.842. The van der Waals surface area contributed by atoms with E-state index in [4.69, 9.17) is 5.26 Å². The Kier molecular flexibility index (Phi) is 3.30. The van der Waals surface area contributed by atoms with Gasteiger partial charge in [-0.2, -0.15) is 5.26 Å². The fourth-order valence-corrected chi connectivity index (χ4v) is 1.15. The van der Waals surface area contributed by atoms with Gasteiger partial charge in [0, 0.05) is 13.6 Å². The van der Waals surface area contributed by atoms with Crippen molar-refractivity contribution in [3.05, 3.63) is 0 Å². The molecule has 0 aromatic carbocycles. The van der Waals surface area contributed by atoms with Crippen molar-refractivity contribution >= 4 is 11.8 Å². The van der Waals surface area contributed by atoms with E-state index in [1.807, 2.05) is 13.0 Å². The predicted molar refractivity (Wildman–Crippen MR) is 53.6 cm³/mol. The van der Waals surface area contributed by atoms with E-state index in [-0.39, 0.29) is 18.4 Å². The highest BCUT2D eigenvalue weighted by Crippen LogP contribution is 2.44. The molecule has 1 saturated carbocycles. The molecule has 0 radical (unpaired) electrons.